The molecular weight excluding hydrogens is 318 g/mol. The predicted octanol–water partition coefficient (Wildman–Crippen LogP) is 2.24. The van der Waals surface area contributed by atoms with Gasteiger partial charge in [-0.1, -0.05) is 0 Å². The molecule has 1 N–H and O–H groups in total. The summed E-state index contributed by atoms with van der Waals surface area (Å²) in [5.41, 5.74) is 1.37. The lowest BCUT2D eigenvalue weighted by molar-refractivity contribution is -0.114. The number of carbonyl (C=O) groups is 2. The molecular formula is C18H21N5O2. The average Bonchev–Trinajstić information content (AvgIpc) is 3.21. The molecule has 4 rings (SSSR count). The Morgan fingerprint density at radius 2 is 1.60 bits per heavy atom. The largest absolute Gasteiger partial charge is 0.333 e. The molecule has 2 aromatic rings. The van der Waals surface area contributed by atoms with E-state index >= 15 is 0 Å². The maximum absolute atomic E-state index is 13.0. The summed E-state index contributed by atoms with van der Waals surface area (Å²) in [6.07, 6.45) is 7.30. The van der Waals surface area contributed by atoms with Gasteiger partial charge in [0.2, 0.25) is 5.91 Å². The molecule has 0 radical (unpaired) electrons. The van der Waals surface area contributed by atoms with Crippen molar-refractivity contribution in [2.24, 2.45) is 0 Å². The molecule has 2 atom stereocenters. The van der Waals surface area contributed by atoms with E-state index in [0.717, 1.165) is 25.7 Å². The van der Waals surface area contributed by atoms with Crippen molar-refractivity contribution >= 4 is 17.5 Å². The van der Waals surface area contributed by atoms with Gasteiger partial charge in [0.15, 0.2) is 0 Å². The van der Waals surface area contributed by atoms with Gasteiger partial charge in [-0.2, -0.15) is 15.0 Å². The highest BCUT2D eigenvalue weighted by Gasteiger charge is 2.44. The molecule has 3 heterocycles. The lowest BCUT2D eigenvalue weighted by Gasteiger charge is -2.38. The molecule has 2 saturated heterocycles. The van der Waals surface area contributed by atoms with Crippen molar-refractivity contribution in [1.29, 1.82) is 0 Å². The molecule has 2 bridgehead atoms. The number of amides is 2. The van der Waals surface area contributed by atoms with Gasteiger partial charge in [0, 0.05) is 30.3 Å². The van der Waals surface area contributed by atoms with Crippen LogP contribution in [0.5, 0.6) is 0 Å². The quantitative estimate of drug-likeness (QED) is 0.930. The number of hydrogen-bond acceptors (Lipinski definition) is 4. The first-order valence-electron chi connectivity index (χ1n) is 8.68. The van der Waals surface area contributed by atoms with Crippen LogP contribution in [0.4, 0.5) is 5.69 Å². The molecule has 25 heavy (non-hydrogen) atoms. The molecule has 2 aliphatic heterocycles. The Kier molecular flexibility index (Phi) is 3.99. The SMILES string of the molecule is CC(=O)Nc1ccc(C(=O)N2[C@H]3CC[C@H]2CC(n2nccn2)C3)cc1. The van der Waals surface area contributed by atoms with Crippen LogP contribution in [0.25, 0.3) is 0 Å². The second-order valence-electron chi connectivity index (χ2n) is 6.83. The Morgan fingerprint density at radius 3 is 2.16 bits per heavy atom. The number of nitrogens with one attached hydrogen (secondary N) is 1. The summed E-state index contributed by atoms with van der Waals surface area (Å²) in [4.78, 5) is 27.9. The summed E-state index contributed by atoms with van der Waals surface area (Å²) in [6.45, 7) is 1.47. The van der Waals surface area contributed by atoms with Crippen LogP contribution in [-0.2, 0) is 4.79 Å². The maximum atomic E-state index is 13.0. The normalized spacial score (nSPS) is 25.0. The summed E-state index contributed by atoms with van der Waals surface area (Å²) in [5.74, 6) is -0.0415. The Labute approximate surface area is 146 Å². The number of piperidine rings is 1. The molecule has 0 spiro atoms. The number of carbonyl (C=O) groups excluding carboxylic acids is 2. The summed E-state index contributed by atoms with van der Waals surface area (Å²) in [5, 5.41) is 11.3. The Bertz CT molecular complexity index is 757. The van der Waals surface area contributed by atoms with Crippen LogP contribution in [0.3, 0.4) is 0 Å². The van der Waals surface area contributed by atoms with Crippen molar-refractivity contribution in [3.8, 4) is 0 Å². The van der Waals surface area contributed by atoms with Crippen molar-refractivity contribution in [2.45, 2.75) is 50.7 Å². The van der Waals surface area contributed by atoms with Crippen molar-refractivity contribution in [1.82, 2.24) is 19.9 Å². The number of rotatable bonds is 3. The van der Waals surface area contributed by atoms with Gasteiger partial charge in [-0.3, -0.25) is 9.59 Å². The fourth-order valence-electron chi connectivity index (χ4n) is 4.13. The number of fused-ring (bicyclic) bond motifs is 2. The van der Waals surface area contributed by atoms with Gasteiger partial charge in [-0.25, -0.2) is 0 Å². The van der Waals surface area contributed by atoms with Crippen LogP contribution < -0.4 is 5.32 Å². The number of anilines is 1. The van der Waals surface area contributed by atoms with E-state index in [9.17, 15) is 9.59 Å². The van der Waals surface area contributed by atoms with Gasteiger partial charge in [-0.05, 0) is 49.9 Å². The van der Waals surface area contributed by atoms with E-state index in [2.05, 4.69) is 15.5 Å². The molecule has 0 unspecified atom stereocenters. The van der Waals surface area contributed by atoms with Gasteiger partial charge in [-0.15, -0.1) is 0 Å². The van der Waals surface area contributed by atoms with E-state index in [1.807, 2.05) is 4.90 Å². The zero-order valence-corrected chi connectivity index (χ0v) is 14.1. The van der Waals surface area contributed by atoms with Gasteiger partial charge >= 0.3 is 0 Å². The minimum Gasteiger partial charge on any atom is -0.333 e. The second kappa shape index (κ2) is 6.31. The van der Waals surface area contributed by atoms with Gasteiger partial charge < -0.3 is 10.2 Å². The third kappa shape index (κ3) is 3.01. The molecule has 0 saturated carbocycles. The van der Waals surface area contributed by atoms with Gasteiger partial charge in [0.05, 0.1) is 18.4 Å². The summed E-state index contributed by atoms with van der Waals surface area (Å²) >= 11 is 0. The fourth-order valence-corrected chi connectivity index (χ4v) is 4.13. The van der Waals surface area contributed by atoms with E-state index in [1.165, 1.54) is 6.92 Å². The van der Waals surface area contributed by atoms with Crippen molar-refractivity contribution < 1.29 is 9.59 Å². The highest BCUT2D eigenvalue weighted by Crippen LogP contribution is 2.41. The number of aromatic nitrogens is 3. The Hall–Kier alpha value is -2.70. The van der Waals surface area contributed by atoms with Crippen molar-refractivity contribution in [2.75, 3.05) is 5.32 Å². The van der Waals surface area contributed by atoms with Gasteiger partial charge in [0.25, 0.3) is 5.91 Å². The highest BCUT2D eigenvalue weighted by atomic mass is 16.2. The van der Waals surface area contributed by atoms with Crippen LogP contribution >= 0.6 is 0 Å². The van der Waals surface area contributed by atoms with Crippen LogP contribution in [0.15, 0.2) is 36.7 Å². The molecule has 2 aliphatic rings. The molecule has 1 aromatic carbocycles. The number of nitrogens with zero attached hydrogens (tertiary/aromatic N) is 4. The minimum atomic E-state index is -0.119. The lowest BCUT2D eigenvalue weighted by Crippen LogP contribution is -2.47. The molecule has 2 fully saturated rings. The van der Waals surface area contributed by atoms with Crippen LogP contribution in [-0.4, -0.2) is 43.8 Å². The molecule has 130 valence electrons. The monoisotopic (exact) mass is 339 g/mol. The maximum Gasteiger partial charge on any atom is 0.254 e. The van der Waals surface area contributed by atoms with E-state index in [1.54, 1.807) is 41.5 Å². The predicted molar refractivity (Wildman–Crippen MR) is 92.0 cm³/mol. The summed E-state index contributed by atoms with van der Waals surface area (Å²) < 4.78 is 0. The Balaban J connectivity index is 1.49. The molecule has 7 heteroatoms. The number of benzene rings is 1. The first-order valence-corrected chi connectivity index (χ1v) is 8.68. The standard InChI is InChI=1S/C18H21N5O2/c1-12(24)21-14-4-2-13(3-5-14)18(25)22-15-6-7-16(22)11-17(10-15)23-19-8-9-20-23/h2-5,8-9,15-17H,6-7,10-11H2,1H3,(H,21,24)/t15-,16-/m0/s1. The summed E-state index contributed by atoms with van der Waals surface area (Å²) in [6, 6.07) is 7.89. The smallest absolute Gasteiger partial charge is 0.254 e. The zero-order valence-electron chi connectivity index (χ0n) is 14.1. The first-order chi connectivity index (χ1) is 12.1. The molecule has 7 nitrogen and oxygen atoms in total. The number of hydrogen-bond donors (Lipinski definition) is 1. The van der Waals surface area contributed by atoms with Crippen molar-refractivity contribution in [3.05, 3.63) is 42.2 Å². The minimum absolute atomic E-state index is 0.0775. The topological polar surface area (TPSA) is 80.1 Å². The van der Waals surface area contributed by atoms with Crippen LogP contribution in [0.2, 0.25) is 0 Å². The Morgan fingerprint density at radius 1 is 1.00 bits per heavy atom. The van der Waals surface area contributed by atoms with Crippen LogP contribution in [0.1, 0.15) is 49.0 Å². The van der Waals surface area contributed by atoms with Gasteiger partial charge in [0.1, 0.15) is 0 Å². The van der Waals surface area contributed by atoms with E-state index < -0.39 is 0 Å². The van der Waals surface area contributed by atoms with Crippen LogP contribution in [0, 0.1) is 0 Å². The van der Waals surface area contributed by atoms with E-state index in [4.69, 9.17) is 0 Å². The van der Waals surface area contributed by atoms with E-state index in [-0.39, 0.29) is 29.9 Å². The zero-order chi connectivity index (χ0) is 17.4. The second-order valence-corrected chi connectivity index (χ2v) is 6.83. The molecule has 1 aromatic heterocycles. The molecule has 0 aliphatic carbocycles. The average molecular weight is 339 g/mol. The van der Waals surface area contributed by atoms with Crippen molar-refractivity contribution in [3.63, 3.8) is 0 Å². The fraction of sp³-hybridized carbons (Fsp3) is 0.444. The lowest BCUT2D eigenvalue weighted by atomic mass is 9.96. The summed E-state index contributed by atoms with van der Waals surface area (Å²) in [7, 11) is 0. The first kappa shape index (κ1) is 15.8. The third-order valence-corrected chi connectivity index (χ3v) is 5.16. The van der Waals surface area contributed by atoms with E-state index in [0.29, 0.717) is 11.3 Å². The molecule has 2 amide bonds. The third-order valence-electron chi connectivity index (χ3n) is 5.16. The highest BCUT2D eigenvalue weighted by molar-refractivity contribution is 5.96.